The Kier molecular flexibility index (Phi) is 14.2. The molecule has 13 nitrogen and oxygen atoms in total. The summed E-state index contributed by atoms with van der Waals surface area (Å²) < 4.78 is 27.7. The minimum Gasteiger partial charge on any atom is -0.346 e. The molecule has 1 saturated heterocycles. The average molecular weight is 705 g/mol. The molecule has 49 heavy (non-hydrogen) atoms. The molecule has 0 bridgehead atoms. The minimum absolute atomic E-state index is 0.0106. The molecule has 5 amide bonds. The largest absolute Gasteiger partial charge is 0.346 e. The van der Waals surface area contributed by atoms with Gasteiger partial charge < -0.3 is 26.2 Å². The maximum atomic E-state index is 14.3. The van der Waals surface area contributed by atoms with Gasteiger partial charge in [-0.1, -0.05) is 79.7 Å². The van der Waals surface area contributed by atoms with Crippen LogP contribution in [0.5, 0.6) is 0 Å². The number of likely N-dealkylation sites (tertiary alicyclic amines) is 1. The summed E-state index contributed by atoms with van der Waals surface area (Å²) in [6, 6.07) is 3.57. The van der Waals surface area contributed by atoms with Gasteiger partial charge in [-0.3, -0.25) is 19.2 Å². The predicted molar refractivity (Wildman–Crippen MR) is 189 cm³/mol. The summed E-state index contributed by atoms with van der Waals surface area (Å²) in [5, 5.41) is 10.8. The number of rotatable bonds is 14. The van der Waals surface area contributed by atoms with Crippen molar-refractivity contribution in [2.24, 2.45) is 22.7 Å². The summed E-state index contributed by atoms with van der Waals surface area (Å²) in [7, 11) is -2.38. The maximum absolute atomic E-state index is 14.3. The van der Waals surface area contributed by atoms with E-state index in [0.29, 0.717) is 6.42 Å². The van der Waals surface area contributed by atoms with Gasteiger partial charge >= 0.3 is 6.03 Å². The molecular weight excluding hydrogens is 648 g/mol. The highest BCUT2D eigenvalue weighted by molar-refractivity contribution is 7.89. The molecule has 1 fully saturated rings. The van der Waals surface area contributed by atoms with Crippen molar-refractivity contribution < 1.29 is 32.4 Å². The lowest BCUT2D eigenvalue weighted by atomic mass is 9.84. The van der Waals surface area contributed by atoms with Gasteiger partial charge in [0.05, 0.1) is 10.9 Å². The Balaban J connectivity index is 2.30. The maximum Gasteiger partial charge on any atom is 0.315 e. The molecule has 0 spiro atoms. The van der Waals surface area contributed by atoms with E-state index in [1.807, 2.05) is 34.6 Å². The summed E-state index contributed by atoms with van der Waals surface area (Å²) >= 11 is 0. The van der Waals surface area contributed by atoms with E-state index in [0.717, 1.165) is 0 Å². The minimum atomic E-state index is -3.84. The second-order valence-electron chi connectivity index (χ2n) is 15.2. The second kappa shape index (κ2) is 16.8. The summed E-state index contributed by atoms with van der Waals surface area (Å²) in [5.41, 5.74) is -1.36. The SMILES string of the molecule is C=CCNC(=O)C(=O)C(C)NC(=O)[C@@H]1[C@@H](C(C)C)CCN1C(=O)[C@@H](NC(=O)N[C@H](CN(C)S(=O)(=O)c1ccccc1)C(C)(C)C)C(C)(C)C. The molecule has 0 radical (unpaired) electrons. The van der Waals surface area contributed by atoms with Crippen LogP contribution in [-0.4, -0.2) is 98.0 Å². The van der Waals surface area contributed by atoms with Crippen LogP contribution >= 0.6 is 0 Å². The Morgan fingerprint density at radius 3 is 2.06 bits per heavy atom. The molecule has 1 aromatic rings. The van der Waals surface area contributed by atoms with Gasteiger partial charge in [-0.2, -0.15) is 4.31 Å². The Hall–Kier alpha value is -3.78. The predicted octanol–water partition coefficient (Wildman–Crippen LogP) is 2.68. The zero-order chi connectivity index (χ0) is 37.5. The molecule has 4 N–H and O–H groups in total. The number of nitrogens with zero attached hydrogens (tertiary/aromatic N) is 2. The van der Waals surface area contributed by atoms with Gasteiger partial charge in [0.15, 0.2) is 0 Å². The number of ketones is 1. The summed E-state index contributed by atoms with van der Waals surface area (Å²) in [5.74, 6) is -2.93. The van der Waals surface area contributed by atoms with E-state index in [-0.39, 0.29) is 36.4 Å². The Morgan fingerprint density at radius 1 is 0.959 bits per heavy atom. The van der Waals surface area contributed by atoms with Crippen molar-refractivity contribution in [3.63, 3.8) is 0 Å². The number of nitrogens with one attached hydrogen (secondary N) is 4. The summed E-state index contributed by atoms with van der Waals surface area (Å²) in [6.07, 6.45) is 1.96. The molecule has 1 heterocycles. The number of hydrogen-bond donors (Lipinski definition) is 4. The lowest BCUT2D eigenvalue weighted by molar-refractivity contribution is -0.144. The first-order chi connectivity index (χ1) is 22.5. The van der Waals surface area contributed by atoms with E-state index < -0.39 is 74.6 Å². The summed E-state index contributed by atoms with van der Waals surface area (Å²) in [4.78, 5) is 68.0. The zero-order valence-corrected chi connectivity index (χ0v) is 31.4. The van der Waals surface area contributed by atoms with Crippen LogP contribution in [0.2, 0.25) is 0 Å². The summed E-state index contributed by atoms with van der Waals surface area (Å²) in [6.45, 7) is 20.2. The van der Waals surface area contributed by atoms with Crippen LogP contribution in [0.3, 0.4) is 0 Å². The normalized spacial score (nSPS) is 18.7. The number of carbonyl (C=O) groups is 5. The highest BCUT2D eigenvalue weighted by atomic mass is 32.2. The molecule has 14 heteroatoms. The molecule has 274 valence electrons. The molecule has 0 aliphatic carbocycles. The van der Waals surface area contributed by atoms with Gasteiger partial charge in [0.25, 0.3) is 5.91 Å². The van der Waals surface area contributed by atoms with Crippen molar-refractivity contribution in [3.8, 4) is 0 Å². The van der Waals surface area contributed by atoms with Crippen molar-refractivity contribution in [1.29, 1.82) is 0 Å². The third-order valence-corrected chi connectivity index (χ3v) is 10.7. The highest BCUT2D eigenvalue weighted by Crippen LogP contribution is 2.33. The fourth-order valence-corrected chi connectivity index (χ4v) is 6.93. The van der Waals surface area contributed by atoms with Crippen LogP contribution in [-0.2, 0) is 29.2 Å². The number of carbonyl (C=O) groups excluding carboxylic acids is 5. The fraction of sp³-hybridized carbons (Fsp3) is 0.629. The standard InChI is InChI=1S/C35H56N6O7S/c1-12-19-36-31(44)28(42)23(4)37-30(43)27-25(22(2)3)18-20-41(27)32(45)29(35(8,9)10)39-33(46)38-26(34(5,6)7)21-40(11)49(47,48)24-16-14-13-15-17-24/h12-17,22-23,25-27,29H,1,18-21H2,2-11H3,(H,36,44)(H,37,43)(H2,38,39,46)/t23?,25-,26-,27+,29-/m1/s1. The molecule has 0 aromatic heterocycles. The number of benzene rings is 1. The monoisotopic (exact) mass is 704 g/mol. The zero-order valence-electron chi connectivity index (χ0n) is 30.6. The smallest absolute Gasteiger partial charge is 0.315 e. The molecule has 1 aliphatic rings. The van der Waals surface area contributed by atoms with Crippen molar-refractivity contribution in [3.05, 3.63) is 43.0 Å². The number of amides is 5. The first kappa shape index (κ1) is 41.4. The van der Waals surface area contributed by atoms with Crippen LogP contribution in [0.25, 0.3) is 0 Å². The molecule has 1 aliphatic heterocycles. The number of sulfonamides is 1. The van der Waals surface area contributed by atoms with Crippen molar-refractivity contribution in [2.45, 2.75) is 97.8 Å². The topological polar surface area (TPSA) is 174 Å². The lowest BCUT2D eigenvalue weighted by Gasteiger charge is -2.38. The number of likely N-dealkylation sites (N-methyl/N-ethyl adjacent to an activating group) is 1. The molecule has 5 atom stereocenters. The van der Waals surface area contributed by atoms with Crippen LogP contribution in [0.15, 0.2) is 47.9 Å². The lowest BCUT2D eigenvalue weighted by Crippen LogP contribution is -2.62. The van der Waals surface area contributed by atoms with Gasteiger partial charge in [0.2, 0.25) is 27.6 Å². The van der Waals surface area contributed by atoms with Crippen molar-refractivity contribution in [1.82, 2.24) is 30.5 Å². The number of urea groups is 1. The van der Waals surface area contributed by atoms with Gasteiger partial charge in [0, 0.05) is 32.7 Å². The first-order valence-electron chi connectivity index (χ1n) is 16.7. The van der Waals surface area contributed by atoms with Gasteiger partial charge in [-0.05, 0) is 48.1 Å². The molecule has 1 aromatic carbocycles. The average Bonchev–Trinajstić information content (AvgIpc) is 3.47. The van der Waals surface area contributed by atoms with Crippen LogP contribution in [0, 0.1) is 22.7 Å². The van der Waals surface area contributed by atoms with Crippen molar-refractivity contribution in [2.75, 3.05) is 26.7 Å². The van der Waals surface area contributed by atoms with Gasteiger partial charge in [-0.25, -0.2) is 13.2 Å². The van der Waals surface area contributed by atoms with Crippen LogP contribution in [0.1, 0.15) is 68.7 Å². The van der Waals surface area contributed by atoms with Crippen LogP contribution < -0.4 is 21.3 Å². The third-order valence-electron chi connectivity index (χ3n) is 8.87. The Bertz CT molecular complexity index is 1470. The van der Waals surface area contributed by atoms with Gasteiger partial charge in [0.1, 0.15) is 12.1 Å². The van der Waals surface area contributed by atoms with E-state index in [1.54, 1.807) is 39.0 Å². The quantitative estimate of drug-likeness (QED) is 0.170. The van der Waals surface area contributed by atoms with E-state index in [4.69, 9.17) is 0 Å². The van der Waals surface area contributed by atoms with Crippen LogP contribution in [0.4, 0.5) is 4.79 Å². The van der Waals surface area contributed by atoms with E-state index in [9.17, 15) is 32.4 Å². The van der Waals surface area contributed by atoms with E-state index in [2.05, 4.69) is 27.8 Å². The molecule has 2 rings (SSSR count). The Morgan fingerprint density at radius 2 is 1.55 bits per heavy atom. The molecule has 1 unspecified atom stereocenters. The number of hydrogen-bond acceptors (Lipinski definition) is 7. The van der Waals surface area contributed by atoms with Crippen molar-refractivity contribution >= 4 is 39.6 Å². The van der Waals surface area contributed by atoms with E-state index >= 15 is 0 Å². The Labute approximate surface area is 292 Å². The molecular formula is C35H56N6O7S. The third kappa shape index (κ3) is 10.9. The highest BCUT2D eigenvalue weighted by Gasteiger charge is 2.47. The second-order valence-corrected chi connectivity index (χ2v) is 17.2. The first-order valence-corrected chi connectivity index (χ1v) is 18.1. The van der Waals surface area contributed by atoms with Gasteiger partial charge in [-0.15, -0.1) is 6.58 Å². The fourth-order valence-electron chi connectivity index (χ4n) is 5.72. The van der Waals surface area contributed by atoms with E-state index in [1.165, 1.54) is 41.4 Å². The molecule has 0 saturated carbocycles. The number of Topliss-reactive ketones (excluding diaryl/α,β-unsaturated/α-hetero) is 1.